The summed E-state index contributed by atoms with van der Waals surface area (Å²) in [6, 6.07) is 5.27. The van der Waals surface area contributed by atoms with Crippen molar-refractivity contribution in [2.75, 3.05) is 6.54 Å². The van der Waals surface area contributed by atoms with E-state index in [1.54, 1.807) is 12.1 Å². The summed E-state index contributed by atoms with van der Waals surface area (Å²) in [6.07, 6.45) is 3.16. The summed E-state index contributed by atoms with van der Waals surface area (Å²) in [7, 11) is 0. The molecule has 0 radical (unpaired) electrons. The van der Waals surface area contributed by atoms with Gasteiger partial charge in [0.25, 0.3) is 5.91 Å². The van der Waals surface area contributed by atoms with E-state index in [4.69, 9.17) is 0 Å². The summed E-state index contributed by atoms with van der Waals surface area (Å²) < 4.78 is 0. The molecule has 0 saturated heterocycles. The number of carbonyl (C=O) groups excluding carboxylic acids is 2. The maximum Gasteiger partial charge on any atom is 0.255 e. The number of hydrogen-bond acceptors (Lipinski definition) is 3. The van der Waals surface area contributed by atoms with Gasteiger partial charge in [-0.1, -0.05) is 11.6 Å². The molecular weight excluding hydrogens is 256 g/mol. The molecule has 1 aromatic rings. The Morgan fingerprint density at radius 2 is 2.10 bits per heavy atom. The van der Waals surface area contributed by atoms with Gasteiger partial charge in [0, 0.05) is 19.0 Å². The summed E-state index contributed by atoms with van der Waals surface area (Å²) in [5.74, 6) is -0.298. The minimum Gasteiger partial charge on any atom is -0.507 e. The molecule has 5 heteroatoms. The largest absolute Gasteiger partial charge is 0.507 e. The van der Waals surface area contributed by atoms with Crippen LogP contribution in [-0.2, 0) is 4.79 Å². The second kappa shape index (κ2) is 6.41. The summed E-state index contributed by atoms with van der Waals surface area (Å²) in [5.41, 5.74) is 1.18. The standard InChI is InChI=1S/C15H20N2O3/c1-10-4-7-13(18)12(9-10)15(20)16-8-2-3-14(19)17-11-5-6-11/h4,7,9,11,18H,2-3,5-6,8H2,1H3,(H,16,20)(H,17,19). The predicted octanol–water partition coefficient (Wildman–Crippen LogP) is 1.49. The second-order valence-corrected chi connectivity index (χ2v) is 5.22. The monoisotopic (exact) mass is 276 g/mol. The Bertz CT molecular complexity index is 510. The van der Waals surface area contributed by atoms with Gasteiger partial charge < -0.3 is 15.7 Å². The zero-order valence-electron chi connectivity index (χ0n) is 11.6. The number of benzene rings is 1. The van der Waals surface area contributed by atoms with Crippen molar-refractivity contribution in [2.24, 2.45) is 0 Å². The van der Waals surface area contributed by atoms with E-state index in [9.17, 15) is 14.7 Å². The lowest BCUT2D eigenvalue weighted by Gasteiger charge is -2.08. The maximum absolute atomic E-state index is 11.9. The molecule has 0 atom stereocenters. The first-order chi connectivity index (χ1) is 9.56. The molecule has 1 aliphatic carbocycles. The SMILES string of the molecule is Cc1ccc(O)c(C(=O)NCCCC(=O)NC2CC2)c1. The molecule has 20 heavy (non-hydrogen) atoms. The lowest BCUT2D eigenvalue weighted by atomic mass is 10.1. The van der Waals surface area contributed by atoms with Crippen LogP contribution in [0.4, 0.5) is 0 Å². The smallest absolute Gasteiger partial charge is 0.255 e. The van der Waals surface area contributed by atoms with Crippen LogP contribution in [0.1, 0.15) is 41.6 Å². The van der Waals surface area contributed by atoms with E-state index < -0.39 is 0 Å². The van der Waals surface area contributed by atoms with Crippen LogP contribution < -0.4 is 10.6 Å². The summed E-state index contributed by atoms with van der Waals surface area (Å²) in [6.45, 7) is 2.28. The lowest BCUT2D eigenvalue weighted by molar-refractivity contribution is -0.121. The van der Waals surface area contributed by atoms with Gasteiger partial charge in [-0.15, -0.1) is 0 Å². The van der Waals surface area contributed by atoms with Gasteiger partial charge in [0.2, 0.25) is 5.91 Å². The van der Waals surface area contributed by atoms with Crippen LogP contribution >= 0.6 is 0 Å². The van der Waals surface area contributed by atoms with Crippen LogP contribution in [-0.4, -0.2) is 29.5 Å². The average Bonchev–Trinajstić information content (AvgIpc) is 3.21. The first kappa shape index (κ1) is 14.4. The number of amides is 2. The molecule has 2 rings (SSSR count). The molecule has 1 fully saturated rings. The van der Waals surface area contributed by atoms with Gasteiger partial charge in [0.1, 0.15) is 5.75 Å². The Kier molecular flexibility index (Phi) is 4.61. The quantitative estimate of drug-likeness (QED) is 0.689. The molecule has 0 heterocycles. The van der Waals surface area contributed by atoms with Crippen LogP contribution in [0.3, 0.4) is 0 Å². The number of hydrogen-bond donors (Lipinski definition) is 3. The van der Waals surface area contributed by atoms with Crippen molar-refractivity contribution in [2.45, 2.75) is 38.6 Å². The van der Waals surface area contributed by atoms with Gasteiger partial charge >= 0.3 is 0 Å². The Labute approximate surface area is 118 Å². The number of phenolic OH excluding ortho intramolecular Hbond substituents is 1. The Morgan fingerprint density at radius 1 is 1.35 bits per heavy atom. The van der Waals surface area contributed by atoms with Crippen molar-refractivity contribution in [1.29, 1.82) is 0 Å². The zero-order valence-corrected chi connectivity index (χ0v) is 11.6. The Balaban J connectivity index is 1.71. The van der Waals surface area contributed by atoms with Crippen molar-refractivity contribution < 1.29 is 14.7 Å². The third kappa shape index (κ3) is 4.26. The highest BCUT2D eigenvalue weighted by Gasteiger charge is 2.22. The van der Waals surface area contributed by atoms with Gasteiger partial charge in [0.15, 0.2) is 0 Å². The number of aryl methyl sites for hydroxylation is 1. The van der Waals surface area contributed by atoms with Gasteiger partial charge in [-0.3, -0.25) is 9.59 Å². The molecule has 0 unspecified atom stereocenters. The van der Waals surface area contributed by atoms with Gasteiger partial charge in [0.05, 0.1) is 5.56 Å². The number of aromatic hydroxyl groups is 1. The Hall–Kier alpha value is -2.04. The van der Waals surface area contributed by atoms with E-state index in [1.165, 1.54) is 6.07 Å². The number of phenols is 1. The zero-order chi connectivity index (χ0) is 14.5. The molecule has 0 spiro atoms. The molecule has 3 N–H and O–H groups in total. The van der Waals surface area contributed by atoms with E-state index in [-0.39, 0.29) is 23.1 Å². The second-order valence-electron chi connectivity index (χ2n) is 5.22. The highest BCUT2D eigenvalue weighted by atomic mass is 16.3. The van der Waals surface area contributed by atoms with E-state index in [2.05, 4.69) is 10.6 Å². The summed E-state index contributed by atoms with van der Waals surface area (Å²) >= 11 is 0. The van der Waals surface area contributed by atoms with Crippen molar-refractivity contribution in [3.63, 3.8) is 0 Å². The molecule has 0 aliphatic heterocycles. The minimum atomic E-state index is -0.311. The van der Waals surface area contributed by atoms with Gasteiger partial charge in [-0.05, 0) is 38.3 Å². The number of carbonyl (C=O) groups is 2. The fourth-order valence-electron chi connectivity index (χ4n) is 1.91. The topological polar surface area (TPSA) is 78.4 Å². The van der Waals surface area contributed by atoms with Crippen molar-refractivity contribution in [1.82, 2.24) is 10.6 Å². The molecule has 5 nitrogen and oxygen atoms in total. The number of nitrogens with one attached hydrogen (secondary N) is 2. The maximum atomic E-state index is 11.9. The van der Waals surface area contributed by atoms with E-state index in [0.717, 1.165) is 18.4 Å². The van der Waals surface area contributed by atoms with Crippen molar-refractivity contribution in [3.8, 4) is 5.75 Å². The fraction of sp³-hybridized carbons (Fsp3) is 0.467. The highest BCUT2D eigenvalue weighted by Crippen LogP contribution is 2.19. The third-order valence-electron chi connectivity index (χ3n) is 3.21. The first-order valence-electron chi connectivity index (χ1n) is 6.93. The van der Waals surface area contributed by atoms with Crippen molar-refractivity contribution in [3.05, 3.63) is 29.3 Å². The molecule has 1 aliphatic rings. The predicted molar refractivity (Wildman–Crippen MR) is 75.6 cm³/mol. The molecule has 1 saturated carbocycles. The fourth-order valence-corrected chi connectivity index (χ4v) is 1.91. The van der Waals surface area contributed by atoms with Crippen LogP contribution in [0.2, 0.25) is 0 Å². The van der Waals surface area contributed by atoms with Crippen LogP contribution in [0, 0.1) is 6.92 Å². The molecule has 1 aromatic carbocycles. The number of rotatable bonds is 6. The van der Waals surface area contributed by atoms with E-state index in [0.29, 0.717) is 25.4 Å². The van der Waals surface area contributed by atoms with Crippen LogP contribution in [0.15, 0.2) is 18.2 Å². The normalized spacial score (nSPS) is 13.8. The summed E-state index contributed by atoms with van der Waals surface area (Å²) in [5, 5.41) is 15.2. The molecular formula is C15H20N2O3. The first-order valence-corrected chi connectivity index (χ1v) is 6.93. The van der Waals surface area contributed by atoms with Crippen LogP contribution in [0.25, 0.3) is 0 Å². The molecule has 2 amide bonds. The Morgan fingerprint density at radius 3 is 2.80 bits per heavy atom. The van der Waals surface area contributed by atoms with Crippen molar-refractivity contribution >= 4 is 11.8 Å². The lowest BCUT2D eigenvalue weighted by Crippen LogP contribution is -2.28. The molecule has 108 valence electrons. The van der Waals surface area contributed by atoms with Crippen LogP contribution in [0.5, 0.6) is 5.75 Å². The average molecular weight is 276 g/mol. The summed E-state index contributed by atoms with van der Waals surface area (Å²) in [4.78, 5) is 23.3. The minimum absolute atomic E-state index is 0.0282. The van der Waals surface area contributed by atoms with Gasteiger partial charge in [-0.2, -0.15) is 0 Å². The molecule has 0 bridgehead atoms. The molecule has 0 aromatic heterocycles. The van der Waals surface area contributed by atoms with Gasteiger partial charge in [-0.25, -0.2) is 0 Å². The highest BCUT2D eigenvalue weighted by molar-refractivity contribution is 5.97. The third-order valence-corrected chi connectivity index (χ3v) is 3.21. The van der Waals surface area contributed by atoms with E-state index in [1.807, 2.05) is 6.92 Å². The van der Waals surface area contributed by atoms with E-state index >= 15 is 0 Å².